The summed E-state index contributed by atoms with van der Waals surface area (Å²) in [6.45, 7) is 2.37. The number of aryl methyl sites for hydroxylation is 1. The fraction of sp³-hybridized carbons (Fsp3) is 0.190. The fourth-order valence-electron chi connectivity index (χ4n) is 3.44. The van der Waals surface area contributed by atoms with Crippen molar-refractivity contribution >= 4 is 21.5 Å². The maximum atomic E-state index is 12.0. The maximum Gasteiger partial charge on any atom is 0.273 e. The highest BCUT2D eigenvalue weighted by Gasteiger charge is 2.30. The molecule has 1 unspecified atom stereocenters. The third-order valence-electron chi connectivity index (χ3n) is 4.77. The van der Waals surface area contributed by atoms with Crippen LogP contribution in [-0.2, 0) is 10.1 Å². The highest BCUT2D eigenvalue weighted by atomic mass is 32.2. The van der Waals surface area contributed by atoms with Crippen LogP contribution in [0.5, 0.6) is 11.5 Å². The van der Waals surface area contributed by atoms with Gasteiger partial charge in [0.1, 0.15) is 5.25 Å². The van der Waals surface area contributed by atoms with Crippen molar-refractivity contribution in [1.29, 1.82) is 0 Å². The molecule has 1 aliphatic rings. The van der Waals surface area contributed by atoms with Crippen molar-refractivity contribution in [2.75, 3.05) is 11.4 Å². The first-order chi connectivity index (χ1) is 13.4. The first-order valence-corrected chi connectivity index (χ1v) is 10.5. The summed E-state index contributed by atoms with van der Waals surface area (Å²) >= 11 is 0. The van der Waals surface area contributed by atoms with Gasteiger partial charge in [-0.15, -0.1) is 0 Å². The zero-order valence-electron chi connectivity index (χ0n) is 15.3. The second kappa shape index (κ2) is 7.26. The highest BCUT2D eigenvalue weighted by molar-refractivity contribution is 7.86. The molecule has 0 aliphatic carbocycles. The Bertz CT molecular complexity index is 1100. The van der Waals surface area contributed by atoms with Gasteiger partial charge in [0.15, 0.2) is 11.5 Å². The van der Waals surface area contributed by atoms with Gasteiger partial charge in [0, 0.05) is 12.7 Å². The van der Waals surface area contributed by atoms with Crippen molar-refractivity contribution in [3.8, 4) is 11.5 Å². The number of para-hydroxylation sites is 2. The lowest BCUT2D eigenvalue weighted by Gasteiger charge is -2.33. The molecule has 1 N–H and O–H groups in total. The van der Waals surface area contributed by atoms with Crippen LogP contribution < -0.4 is 9.64 Å². The lowest BCUT2D eigenvalue weighted by molar-refractivity contribution is 0.459. The normalized spacial score (nSPS) is 14.0. The molecule has 0 radical (unpaired) electrons. The van der Waals surface area contributed by atoms with Crippen LogP contribution in [0.15, 0.2) is 66.9 Å². The molecule has 0 saturated carbocycles. The molecule has 2 aromatic carbocycles. The third kappa shape index (κ3) is 3.58. The van der Waals surface area contributed by atoms with Gasteiger partial charge in [0.05, 0.1) is 17.1 Å². The predicted molar refractivity (Wildman–Crippen MR) is 108 cm³/mol. The number of aromatic nitrogens is 1. The number of benzene rings is 2. The van der Waals surface area contributed by atoms with Gasteiger partial charge in [0.25, 0.3) is 10.1 Å². The van der Waals surface area contributed by atoms with E-state index in [0.717, 1.165) is 16.9 Å². The van der Waals surface area contributed by atoms with E-state index in [0.29, 0.717) is 23.7 Å². The Balaban J connectivity index is 1.70. The van der Waals surface area contributed by atoms with E-state index >= 15 is 0 Å². The molecular weight excluding hydrogens is 376 g/mol. The molecular formula is C21H20N2O4S. The zero-order valence-corrected chi connectivity index (χ0v) is 16.1. The van der Waals surface area contributed by atoms with Crippen LogP contribution in [0.3, 0.4) is 0 Å². The Hall–Kier alpha value is -2.90. The van der Waals surface area contributed by atoms with Crippen LogP contribution in [0, 0.1) is 6.92 Å². The van der Waals surface area contributed by atoms with E-state index in [4.69, 9.17) is 4.74 Å². The Morgan fingerprint density at radius 1 is 1.04 bits per heavy atom. The molecule has 2 heterocycles. The largest absolute Gasteiger partial charge is 0.453 e. The van der Waals surface area contributed by atoms with Crippen LogP contribution in [0.25, 0.3) is 0 Å². The molecule has 7 heteroatoms. The molecule has 1 atom stereocenters. The van der Waals surface area contributed by atoms with Gasteiger partial charge in [-0.1, -0.05) is 24.3 Å². The van der Waals surface area contributed by atoms with Gasteiger partial charge in [-0.05, 0) is 55.3 Å². The highest BCUT2D eigenvalue weighted by Crippen LogP contribution is 2.47. The van der Waals surface area contributed by atoms with Crippen LogP contribution in [0.4, 0.5) is 11.4 Å². The van der Waals surface area contributed by atoms with Gasteiger partial charge in [-0.25, -0.2) is 0 Å². The molecule has 0 spiro atoms. The molecule has 0 saturated heterocycles. The van der Waals surface area contributed by atoms with Crippen molar-refractivity contribution in [1.82, 2.24) is 4.98 Å². The van der Waals surface area contributed by atoms with Gasteiger partial charge in [-0.2, -0.15) is 8.42 Å². The molecule has 6 nitrogen and oxygen atoms in total. The zero-order chi connectivity index (χ0) is 19.7. The van der Waals surface area contributed by atoms with Crippen LogP contribution >= 0.6 is 0 Å². The average molecular weight is 396 g/mol. The molecule has 1 aliphatic heterocycles. The van der Waals surface area contributed by atoms with Crippen molar-refractivity contribution in [2.45, 2.75) is 18.6 Å². The summed E-state index contributed by atoms with van der Waals surface area (Å²) in [7, 11) is -4.30. The molecule has 0 bridgehead atoms. The van der Waals surface area contributed by atoms with Gasteiger partial charge in [-0.3, -0.25) is 9.54 Å². The lowest BCUT2D eigenvalue weighted by Crippen LogP contribution is -2.26. The Labute approximate surface area is 164 Å². The number of rotatable bonds is 5. The predicted octanol–water partition coefficient (Wildman–Crippen LogP) is 4.65. The number of hydrogen-bond donors (Lipinski definition) is 1. The van der Waals surface area contributed by atoms with Crippen molar-refractivity contribution in [2.24, 2.45) is 0 Å². The van der Waals surface area contributed by atoms with Crippen molar-refractivity contribution in [3.05, 3.63) is 78.1 Å². The van der Waals surface area contributed by atoms with Crippen LogP contribution in [0.1, 0.15) is 22.9 Å². The summed E-state index contributed by atoms with van der Waals surface area (Å²) in [5.74, 6) is 1.42. The number of hydrogen-bond acceptors (Lipinski definition) is 5. The Morgan fingerprint density at radius 3 is 2.54 bits per heavy atom. The first-order valence-electron chi connectivity index (χ1n) is 8.96. The summed E-state index contributed by atoms with van der Waals surface area (Å²) in [6, 6.07) is 18.5. The third-order valence-corrected chi connectivity index (χ3v) is 5.97. The quantitative estimate of drug-likeness (QED) is 0.632. The topological polar surface area (TPSA) is 79.7 Å². The van der Waals surface area contributed by atoms with E-state index in [-0.39, 0.29) is 6.42 Å². The van der Waals surface area contributed by atoms with Crippen molar-refractivity contribution < 1.29 is 17.7 Å². The number of pyridine rings is 1. The van der Waals surface area contributed by atoms with E-state index in [1.165, 1.54) is 6.20 Å². The Morgan fingerprint density at radius 2 is 1.79 bits per heavy atom. The summed E-state index contributed by atoms with van der Waals surface area (Å²) in [5, 5.41) is -1.10. The number of ether oxygens (including phenoxy) is 1. The number of fused-ring (bicyclic) bond motifs is 2. The lowest BCUT2D eigenvalue weighted by atomic mass is 10.1. The van der Waals surface area contributed by atoms with Crippen molar-refractivity contribution in [3.63, 3.8) is 0 Å². The van der Waals surface area contributed by atoms with Gasteiger partial charge >= 0.3 is 0 Å². The fourth-order valence-corrected chi connectivity index (χ4v) is 4.29. The summed E-state index contributed by atoms with van der Waals surface area (Å²) < 4.78 is 39.8. The summed E-state index contributed by atoms with van der Waals surface area (Å²) in [6.07, 6.45) is 1.70. The minimum absolute atomic E-state index is 0.178. The van der Waals surface area contributed by atoms with Gasteiger partial charge < -0.3 is 9.64 Å². The Kier molecular flexibility index (Phi) is 4.78. The van der Waals surface area contributed by atoms with E-state index in [1.807, 2.05) is 54.3 Å². The standard InChI is InChI=1S/C21H20N2O4S/c1-15-9-10-20-18(14-15)23(17-7-2-3-8-19(17)27-20)13-11-21(28(24,25)26)16-6-4-5-12-22-16/h2-10,12,14,21H,11,13H2,1H3,(H,24,25,26). The smallest absolute Gasteiger partial charge is 0.273 e. The molecule has 0 amide bonds. The monoisotopic (exact) mass is 396 g/mol. The molecule has 28 heavy (non-hydrogen) atoms. The molecule has 4 rings (SSSR count). The summed E-state index contributed by atoms with van der Waals surface area (Å²) in [5.41, 5.74) is 3.13. The molecule has 0 fully saturated rings. The van der Waals surface area contributed by atoms with E-state index in [9.17, 15) is 13.0 Å². The van der Waals surface area contributed by atoms with E-state index < -0.39 is 15.4 Å². The maximum absolute atomic E-state index is 12.0. The average Bonchev–Trinajstić information content (AvgIpc) is 2.67. The van der Waals surface area contributed by atoms with Gasteiger partial charge in [0.2, 0.25) is 0 Å². The second-order valence-corrected chi connectivity index (χ2v) is 8.34. The molecule has 144 valence electrons. The van der Waals surface area contributed by atoms with Crippen LogP contribution in [0.2, 0.25) is 0 Å². The van der Waals surface area contributed by atoms with E-state index in [2.05, 4.69) is 4.98 Å². The number of anilines is 2. The van der Waals surface area contributed by atoms with E-state index in [1.54, 1.807) is 18.2 Å². The summed E-state index contributed by atoms with van der Waals surface area (Å²) in [4.78, 5) is 6.16. The number of nitrogens with zero attached hydrogens (tertiary/aromatic N) is 2. The molecule has 1 aromatic heterocycles. The second-order valence-electron chi connectivity index (χ2n) is 6.74. The molecule has 3 aromatic rings. The van der Waals surface area contributed by atoms with Crippen LogP contribution in [-0.4, -0.2) is 24.5 Å². The minimum Gasteiger partial charge on any atom is -0.453 e. The minimum atomic E-state index is -4.30. The SMILES string of the molecule is Cc1ccc2c(c1)N(CCC(c1ccccn1)S(=O)(=O)O)c1ccccc1O2. The first kappa shape index (κ1) is 18.5.